The molecular weight excluding hydrogens is 549 g/mol. The van der Waals surface area contributed by atoms with Crippen LogP contribution in [0.5, 0.6) is 0 Å². The molecule has 0 spiro atoms. The number of hydrogen-bond donors (Lipinski definition) is 0. The van der Waals surface area contributed by atoms with Gasteiger partial charge in [-0.25, -0.2) is 8.42 Å². The summed E-state index contributed by atoms with van der Waals surface area (Å²) in [7, 11) is -3.49. The van der Waals surface area contributed by atoms with Crippen molar-refractivity contribution in [2.45, 2.75) is 23.7 Å². The molecule has 1 aliphatic rings. The van der Waals surface area contributed by atoms with Crippen molar-refractivity contribution in [3.8, 4) is 11.6 Å². The van der Waals surface area contributed by atoms with Crippen LogP contribution in [0, 0.1) is 3.77 Å². The Hall–Kier alpha value is -1.24. The number of hydrogen-bond acceptors (Lipinski definition) is 6. The van der Waals surface area contributed by atoms with Gasteiger partial charge in [-0.05, 0) is 71.8 Å². The Labute approximate surface area is 178 Å². The van der Waals surface area contributed by atoms with E-state index in [-0.39, 0.29) is 5.92 Å². The lowest BCUT2D eigenvalue weighted by Gasteiger charge is -2.29. The molecular formula is C17H15BrIN3O4S. The molecule has 10 heteroatoms. The first-order valence-electron chi connectivity index (χ1n) is 8.28. The van der Waals surface area contributed by atoms with Crippen LogP contribution in [-0.2, 0) is 10.0 Å². The number of piperidine rings is 1. The highest BCUT2D eigenvalue weighted by molar-refractivity contribution is 14.1. The molecule has 4 rings (SSSR count). The Morgan fingerprint density at radius 2 is 1.81 bits per heavy atom. The van der Waals surface area contributed by atoms with Gasteiger partial charge in [-0.2, -0.15) is 9.29 Å². The molecule has 0 bridgehead atoms. The number of benzene rings is 1. The van der Waals surface area contributed by atoms with Gasteiger partial charge < -0.3 is 8.94 Å². The number of nitrogens with zero attached hydrogens (tertiary/aromatic N) is 3. The fourth-order valence-electron chi connectivity index (χ4n) is 3.03. The summed E-state index contributed by atoms with van der Waals surface area (Å²) < 4.78 is 39.6. The number of furan rings is 1. The van der Waals surface area contributed by atoms with E-state index in [1.54, 1.807) is 30.3 Å². The third-order valence-electron chi connectivity index (χ3n) is 4.49. The van der Waals surface area contributed by atoms with Crippen LogP contribution in [0.1, 0.15) is 24.7 Å². The van der Waals surface area contributed by atoms with Crippen LogP contribution in [0.4, 0.5) is 0 Å². The molecule has 0 saturated carbocycles. The van der Waals surface area contributed by atoms with Gasteiger partial charge in [0.1, 0.15) is 0 Å². The van der Waals surface area contributed by atoms with Crippen molar-refractivity contribution in [3.05, 3.63) is 50.5 Å². The van der Waals surface area contributed by atoms with Crippen molar-refractivity contribution in [2.24, 2.45) is 0 Å². The maximum absolute atomic E-state index is 12.8. The lowest BCUT2D eigenvalue weighted by Crippen LogP contribution is -2.37. The van der Waals surface area contributed by atoms with Gasteiger partial charge >= 0.3 is 0 Å². The van der Waals surface area contributed by atoms with Crippen molar-refractivity contribution in [2.75, 3.05) is 13.1 Å². The van der Waals surface area contributed by atoms with Crippen LogP contribution in [0.2, 0.25) is 0 Å². The lowest BCUT2D eigenvalue weighted by atomic mass is 9.98. The van der Waals surface area contributed by atoms with E-state index in [0.717, 1.165) is 8.24 Å². The Morgan fingerprint density at radius 1 is 1.11 bits per heavy atom. The summed E-state index contributed by atoms with van der Waals surface area (Å²) in [5.74, 6) is 1.54. The predicted octanol–water partition coefficient (Wildman–Crippen LogP) is 4.27. The van der Waals surface area contributed by atoms with Crippen molar-refractivity contribution in [3.63, 3.8) is 0 Å². The van der Waals surface area contributed by atoms with Gasteiger partial charge in [0.2, 0.25) is 21.7 Å². The molecule has 3 heterocycles. The van der Waals surface area contributed by atoms with Crippen LogP contribution in [0.25, 0.3) is 11.6 Å². The van der Waals surface area contributed by atoms with Gasteiger partial charge in [0.15, 0.2) is 9.53 Å². The summed E-state index contributed by atoms with van der Waals surface area (Å²) in [5.41, 5.74) is 0. The molecule has 7 nitrogen and oxygen atoms in total. The summed E-state index contributed by atoms with van der Waals surface area (Å²) in [6, 6.07) is 10.3. The van der Waals surface area contributed by atoms with Crippen molar-refractivity contribution >= 4 is 48.5 Å². The molecule has 27 heavy (non-hydrogen) atoms. The van der Waals surface area contributed by atoms with Crippen LogP contribution >= 0.6 is 38.5 Å². The lowest BCUT2D eigenvalue weighted by molar-refractivity contribution is 0.270. The average Bonchev–Trinajstić information content (AvgIpc) is 3.31. The molecule has 142 valence electrons. The molecule has 3 aromatic rings. The predicted molar refractivity (Wildman–Crippen MR) is 110 cm³/mol. The zero-order valence-corrected chi connectivity index (χ0v) is 18.6. The van der Waals surface area contributed by atoms with Gasteiger partial charge in [0, 0.05) is 23.5 Å². The van der Waals surface area contributed by atoms with E-state index in [2.05, 4.69) is 48.7 Å². The van der Waals surface area contributed by atoms with Gasteiger partial charge in [0.25, 0.3) is 0 Å². The second-order valence-corrected chi connectivity index (χ2v) is 10.1. The van der Waals surface area contributed by atoms with Gasteiger partial charge in [-0.3, -0.25) is 0 Å². The maximum atomic E-state index is 12.8. The normalized spacial score (nSPS) is 16.7. The monoisotopic (exact) mass is 563 g/mol. The van der Waals surface area contributed by atoms with E-state index >= 15 is 0 Å². The fourth-order valence-corrected chi connectivity index (χ4v) is 5.19. The highest BCUT2D eigenvalue weighted by Crippen LogP contribution is 2.31. The summed E-state index contributed by atoms with van der Waals surface area (Å²) in [5, 5.41) is 3.98. The van der Waals surface area contributed by atoms with Crippen LogP contribution < -0.4 is 0 Å². The minimum Gasteiger partial charge on any atom is -0.447 e. The molecule has 1 aliphatic heterocycles. The van der Waals surface area contributed by atoms with Gasteiger partial charge in [-0.1, -0.05) is 21.1 Å². The summed E-state index contributed by atoms with van der Waals surface area (Å²) in [6.07, 6.45) is 1.26. The number of aromatic nitrogens is 2. The third-order valence-corrected chi connectivity index (χ3v) is 7.51. The highest BCUT2D eigenvalue weighted by atomic mass is 127. The average molecular weight is 564 g/mol. The molecule has 1 saturated heterocycles. The Kier molecular flexibility index (Phi) is 5.41. The van der Waals surface area contributed by atoms with E-state index in [9.17, 15) is 8.42 Å². The number of sulfonamides is 1. The first-order valence-corrected chi connectivity index (χ1v) is 11.6. The first-order chi connectivity index (χ1) is 12.9. The maximum Gasteiger partial charge on any atom is 0.243 e. The zero-order chi connectivity index (χ0) is 19.0. The molecule has 0 radical (unpaired) electrons. The summed E-state index contributed by atoms with van der Waals surface area (Å²) in [6.45, 7) is 0.832. The second kappa shape index (κ2) is 7.64. The molecule has 0 atom stereocenters. The van der Waals surface area contributed by atoms with E-state index in [0.29, 0.717) is 48.3 Å². The molecule has 0 N–H and O–H groups in total. The summed E-state index contributed by atoms with van der Waals surface area (Å²) in [4.78, 5) is 4.73. The standard InChI is InChI=1S/C17H15BrIN3O4S/c18-12-1-3-13(4-2-12)27(23,24)22-9-7-11(8-10-22)17-20-16(21-26-17)14-5-6-15(19)25-14/h1-6,11H,7-10H2. The van der Waals surface area contributed by atoms with Crippen LogP contribution in [-0.4, -0.2) is 36.0 Å². The largest absolute Gasteiger partial charge is 0.447 e. The van der Waals surface area contributed by atoms with Crippen molar-refractivity contribution < 1.29 is 17.4 Å². The van der Waals surface area contributed by atoms with E-state index in [1.165, 1.54) is 4.31 Å². The smallest absolute Gasteiger partial charge is 0.243 e. The first kappa shape index (κ1) is 19.1. The topological polar surface area (TPSA) is 89.4 Å². The van der Waals surface area contributed by atoms with E-state index in [1.807, 2.05) is 6.07 Å². The number of halogens is 2. The summed E-state index contributed by atoms with van der Waals surface area (Å²) >= 11 is 5.40. The van der Waals surface area contributed by atoms with Crippen LogP contribution in [0.15, 0.2) is 54.7 Å². The third kappa shape index (κ3) is 3.98. The van der Waals surface area contributed by atoms with E-state index < -0.39 is 10.0 Å². The molecule has 0 aliphatic carbocycles. The van der Waals surface area contributed by atoms with Gasteiger partial charge in [-0.15, -0.1) is 0 Å². The minimum atomic E-state index is -3.49. The van der Waals surface area contributed by atoms with E-state index in [4.69, 9.17) is 8.94 Å². The Balaban J connectivity index is 1.44. The minimum absolute atomic E-state index is 0.0386. The Morgan fingerprint density at radius 3 is 2.44 bits per heavy atom. The van der Waals surface area contributed by atoms with Crippen LogP contribution in [0.3, 0.4) is 0 Å². The SMILES string of the molecule is O=S(=O)(c1ccc(Br)cc1)N1CCC(c2nc(-c3ccc(I)o3)no2)CC1. The molecule has 0 amide bonds. The quantitative estimate of drug-likeness (QED) is 0.441. The Bertz CT molecular complexity index is 1040. The molecule has 1 fully saturated rings. The van der Waals surface area contributed by atoms with Gasteiger partial charge in [0.05, 0.1) is 4.90 Å². The number of rotatable bonds is 4. The van der Waals surface area contributed by atoms with Crippen molar-refractivity contribution in [1.29, 1.82) is 0 Å². The molecule has 1 aromatic carbocycles. The molecule has 2 aromatic heterocycles. The molecule has 0 unspecified atom stereocenters. The highest BCUT2D eigenvalue weighted by Gasteiger charge is 2.32. The zero-order valence-electron chi connectivity index (χ0n) is 14.0. The fraction of sp³-hybridized carbons (Fsp3) is 0.294. The second-order valence-electron chi connectivity index (χ2n) is 6.19. The van der Waals surface area contributed by atoms with Crippen molar-refractivity contribution in [1.82, 2.24) is 14.4 Å².